The molecule has 0 spiro atoms. The highest BCUT2D eigenvalue weighted by atomic mass is 32.3. The molecule has 0 bridgehead atoms. The van der Waals surface area contributed by atoms with Crippen molar-refractivity contribution in [2.75, 3.05) is 6.61 Å². The molecular formula is C15H13FN2O8S. The second kappa shape index (κ2) is 6.61. The Morgan fingerprint density at radius 3 is 2.63 bits per heavy atom. The van der Waals surface area contributed by atoms with Gasteiger partial charge >= 0.3 is 16.2 Å². The number of carboxylic acids is 1. The van der Waals surface area contributed by atoms with Crippen LogP contribution in [-0.2, 0) is 31.2 Å². The normalized spacial score (nSPS) is 19.7. The van der Waals surface area contributed by atoms with Gasteiger partial charge in [-0.1, -0.05) is 0 Å². The summed E-state index contributed by atoms with van der Waals surface area (Å²) < 4.78 is 40.9. The largest absolute Gasteiger partial charge is 0.481 e. The quantitative estimate of drug-likeness (QED) is 0.500. The van der Waals surface area contributed by atoms with E-state index < -0.39 is 51.5 Å². The standard InChI is InChI=1S/C15H13FN2O8S/c16-27(24,25)7-3-8-9(11(4-7)26-6-13(20)21)5-18(15(8)23)10-1-2-12(19)17-14(10)22/h3-4,10H,1-2,5-6H2,(H,20,21)(H,17,19,22). The Morgan fingerprint density at radius 2 is 2.04 bits per heavy atom. The summed E-state index contributed by atoms with van der Waals surface area (Å²) in [6.07, 6.45) is 0.0903. The van der Waals surface area contributed by atoms with E-state index in [1.54, 1.807) is 0 Å². The fourth-order valence-corrected chi connectivity index (χ4v) is 3.52. The predicted octanol–water partition coefficient (Wildman–Crippen LogP) is -0.431. The average molecular weight is 400 g/mol. The topological polar surface area (TPSA) is 147 Å². The monoisotopic (exact) mass is 400 g/mol. The summed E-state index contributed by atoms with van der Waals surface area (Å²) in [6.45, 7) is -1.02. The van der Waals surface area contributed by atoms with Crippen LogP contribution in [0, 0.1) is 0 Å². The van der Waals surface area contributed by atoms with E-state index in [0.717, 1.165) is 17.0 Å². The third-order valence-corrected chi connectivity index (χ3v) is 5.02. The number of imide groups is 1. The highest BCUT2D eigenvalue weighted by Gasteiger charge is 2.41. The van der Waals surface area contributed by atoms with Gasteiger partial charge in [0, 0.05) is 23.6 Å². The van der Waals surface area contributed by atoms with Gasteiger partial charge in [0.25, 0.3) is 5.91 Å². The Morgan fingerprint density at radius 1 is 1.33 bits per heavy atom. The van der Waals surface area contributed by atoms with Gasteiger partial charge in [0.05, 0.1) is 6.54 Å². The molecule has 144 valence electrons. The van der Waals surface area contributed by atoms with Crippen LogP contribution in [0.1, 0.15) is 28.8 Å². The number of benzene rings is 1. The third kappa shape index (κ3) is 3.60. The Labute approximate surface area is 152 Å². The molecule has 2 aliphatic rings. The van der Waals surface area contributed by atoms with Crippen LogP contribution in [0.2, 0.25) is 0 Å². The number of halogens is 1. The van der Waals surface area contributed by atoms with Gasteiger partial charge in [-0.25, -0.2) is 4.79 Å². The number of piperidine rings is 1. The fraction of sp³-hybridized carbons (Fsp3) is 0.333. The van der Waals surface area contributed by atoms with Gasteiger partial charge in [-0.05, 0) is 12.5 Å². The van der Waals surface area contributed by atoms with Crippen LogP contribution in [0.5, 0.6) is 5.75 Å². The van der Waals surface area contributed by atoms with Crippen LogP contribution in [0.4, 0.5) is 3.89 Å². The molecule has 1 unspecified atom stereocenters. The maximum atomic E-state index is 13.4. The molecule has 27 heavy (non-hydrogen) atoms. The maximum Gasteiger partial charge on any atom is 0.341 e. The zero-order valence-electron chi connectivity index (χ0n) is 13.6. The molecule has 2 aliphatic heterocycles. The first-order valence-corrected chi connectivity index (χ1v) is 9.07. The van der Waals surface area contributed by atoms with Crippen LogP contribution in [0.25, 0.3) is 0 Å². The van der Waals surface area contributed by atoms with Crippen molar-refractivity contribution in [2.24, 2.45) is 0 Å². The van der Waals surface area contributed by atoms with Crippen molar-refractivity contribution >= 4 is 33.9 Å². The van der Waals surface area contributed by atoms with Crippen molar-refractivity contribution in [3.63, 3.8) is 0 Å². The van der Waals surface area contributed by atoms with E-state index in [4.69, 9.17) is 9.84 Å². The summed E-state index contributed by atoms with van der Waals surface area (Å²) in [6, 6.07) is 0.630. The van der Waals surface area contributed by atoms with Crippen molar-refractivity contribution in [1.29, 1.82) is 0 Å². The molecule has 1 saturated heterocycles. The number of fused-ring (bicyclic) bond motifs is 1. The molecule has 0 aliphatic carbocycles. The Hall–Kier alpha value is -3.02. The number of carbonyl (C=O) groups is 4. The van der Waals surface area contributed by atoms with Crippen LogP contribution >= 0.6 is 0 Å². The summed E-state index contributed by atoms with van der Waals surface area (Å²) in [5.41, 5.74) is -0.0721. The Bertz CT molecular complexity index is 974. The summed E-state index contributed by atoms with van der Waals surface area (Å²) in [4.78, 5) is 46.9. The van der Waals surface area contributed by atoms with Crippen LogP contribution in [0.15, 0.2) is 17.0 Å². The number of amides is 3. The number of ether oxygens (including phenoxy) is 1. The smallest absolute Gasteiger partial charge is 0.341 e. The fourth-order valence-electron chi connectivity index (χ4n) is 3.01. The van der Waals surface area contributed by atoms with E-state index in [0.29, 0.717) is 0 Å². The lowest BCUT2D eigenvalue weighted by molar-refractivity contribution is -0.139. The van der Waals surface area contributed by atoms with Crippen molar-refractivity contribution < 1.29 is 41.3 Å². The molecule has 0 radical (unpaired) electrons. The van der Waals surface area contributed by atoms with E-state index in [2.05, 4.69) is 5.32 Å². The second-order valence-corrected chi connectivity index (χ2v) is 7.31. The summed E-state index contributed by atoms with van der Waals surface area (Å²) in [5.74, 6) is -3.54. The lowest BCUT2D eigenvalue weighted by atomic mass is 10.0. The number of hydrogen-bond donors (Lipinski definition) is 2. The highest BCUT2D eigenvalue weighted by Crippen LogP contribution is 2.36. The average Bonchev–Trinajstić information content (AvgIpc) is 2.89. The number of rotatable bonds is 5. The molecule has 2 N–H and O–H groups in total. The van der Waals surface area contributed by atoms with Crippen molar-refractivity contribution in [1.82, 2.24) is 10.2 Å². The molecule has 1 aromatic rings. The first-order valence-electron chi connectivity index (χ1n) is 7.68. The maximum absolute atomic E-state index is 13.4. The van der Waals surface area contributed by atoms with E-state index in [1.807, 2.05) is 0 Å². The number of carboxylic acid groups (broad SMARTS) is 1. The summed E-state index contributed by atoms with van der Waals surface area (Å²) in [5, 5.41) is 10.8. The molecule has 0 saturated carbocycles. The number of carbonyl (C=O) groups excluding carboxylic acids is 3. The first-order chi connectivity index (χ1) is 12.6. The van der Waals surface area contributed by atoms with E-state index >= 15 is 0 Å². The van der Waals surface area contributed by atoms with E-state index in [9.17, 15) is 31.5 Å². The van der Waals surface area contributed by atoms with Gasteiger partial charge in [-0.15, -0.1) is 3.89 Å². The molecule has 3 rings (SSSR count). The minimum absolute atomic E-state index is 0.0169. The van der Waals surface area contributed by atoms with E-state index in [1.165, 1.54) is 0 Å². The second-order valence-electron chi connectivity index (χ2n) is 5.97. The zero-order valence-corrected chi connectivity index (χ0v) is 14.4. The number of nitrogens with zero attached hydrogens (tertiary/aromatic N) is 1. The zero-order chi connectivity index (χ0) is 19.9. The van der Waals surface area contributed by atoms with Gasteiger partial charge in [-0.3, -0.25) is 19.7 Å². The van der Waals surface area contributed by atoms with Gasteiger partial charge in [0.2, 0.25) is 11.8 Å². The van der Waals surface area contributed by atoms with Gasteiger partial charge < -0.3 is 14.7 Å². The first kappa shape index (κ1) is 18.8. The molecule has 0 aromatic heterocycles. The van der Waals surface area contributed by atoms with Gasteiger partial charge in [-0.2, -0.15) is 8.42 Å². The van der Waals surface area contributed by atoms with Gasteiger partial charge in [0.1, 0.15) is 16.7 Å². The van der Waals surface area contributed by atoms with Crippen LogP contribution < -0.4 is 10.1 Å². The highest BCUT2D eigenvalue weighted by molar-refractivity contribution is 7.86. The lowest BCUT2D eigenvalue weighted by Gasteiger charge is -2.29. The molecular weight excluding hydrogens is 387 g/mol. The Kier molecular flexibility index (Phi) is 4.59. The van der Waals surface area contributed by atoms with Crippen LogP contribution in [0.3, 0.4) is 0 Å². The van der Waals surface area contributed by atoms with Gasteiger partial charge in [0.15, 0.2) is 6.61 Å². The molecule has 2 heterocycles. The minimum atomic E-state index is -5.19. The minimum Gasteiger partial charge on any atom is -0.481 e. The van der Waals surface area contributed by atoms with E-state index in [-0.39, 0.29) is 36.3 Å². The Balaban J connectivity index is 2.00. The molecule has 1 aromatic carbocycles. The molecule has 12 heteroatoms. The summed E-state index contributed by atoms with van der Waals surface area (Å²) in [7, 11) is -5.19. The van der Waals surface area contributed by atoms with Crippen molar-refractivity contribution in [3.8, 4) is 5.75 Å². The molecule has 1 fully saturated rings. The SMILES string of the molecule is O=C(O)COc1cc(S(=O)(=O)F)cc2c1CN(C1CCC(=O)NC1=O)C2=O. The predicted molar refractivity (Wildman–Crippen MR) is 83.9 cm³/mol. The third-order valence-electron chi connectivity index (χ3n) is 4.22. The molecule has 1 atom stereocenters. The van der Waals surface area contributed by atoms with Crippen molar-refractivity contribution in [2.45, 2.75) is 30.3 Å². The number of nitrogens with one attached hydrogen (secondary N) is 1. The lowest BCUT2D eigenvalue weighted by Crippen LogP contribution is -2.52. The number of aliphatic carboxylic acids is 1. The van der Waals surface area contributed by atoms with Crippen molar-refractivity contribution in [3.05, 3.63) is 23.3 Å². The molecule has 10 nitrogen and oxygen atoms in total. The molecule has 3 amide bonds. The van der Waals surface area contributed by atoms with Crippen LogP contribution in [-0.4, -0.2) is 54.8 Å². The summed E-state index contributed by atoms with van der Waals surface area (Å²) >= 11 is 0. The number of hydrogen-bond acceptors (Lipinski definition) is 7.